The smallest absolute Gasteiger partial charge is 0.227 e. The lowest BCUT2D eigenvalue weighted by Gasteiger charge is -2.32. The minimum atomic E-state index is 0.109. The van der Waals surface area contributed by atoms with Crippen molar-refractivity contribution in [2.45, 2.75) is 25.2 Å². The van der Waals surface area contributed by atoms with Crippen molar-refractivity contribution in [3.63, 3.8) is 0 Å². The number of nitrogens with zero attached hydrogens (tertiary/aromatic N) is 3. The number of halogens is 1. The first kappa shape index (κ1) is 20.4. The number of amides is 1. The molecule has 1 aliphatic heterocycles. The molecule has 1 amide bonds. The molecule has 0 aliphatic carbocycles. The summed E-state index contributed by atoms with van der Waals surface area (Å²) >= 11 is 6.23. The Morgan fingerprint density at radius 2 is 1.97 bits per heavy atom. The van der Waals surface area contributed by atoms with E-state index < -0.39 is 0 Å². The Balaban J connectivity index is 1.47. The number of methoxy groups -OCH3 is 1. The van der Waals surface area contributed by atoms with Gasteiger partial charge in [0.15, 0.2) is 5.82 Å². The fraction of sp³-hybridized carbons (Fsp3) is 0.292. The lowest BCUT2D eigenvalue weighted by Crippen LogP contribution is -2.40. The second-order valence-corrected chi connectivity index (χ2v) is 7.89. The molecule has 0 bridgehead atoms. The van der Waals surface area contributed by atoms with Crippen LogP contribution in [0.5, 0.6) is 5.75 Å². The van der Waals surface area contributed by atoms with E-state index in [1.54, 1.807) is 13.3 Å². The zero-order valence-corrected chi connectivity index (χ0v) is 17.7. The number of hydrogen-bond donors (Lipinski definition) is 0. The Morgan fingerprint density at radius 3 is 2.73 bits per heavy atom. The summed E-state index contributed by atoms with van der Waals surface area (Å²) in [6, 6.07) is 17.2. The lowest BCUT2D eigenvalue weighted by molar-refractivity contribution is -0.131. The van der Waals surface area contributed by atoms with Gasteiger partial charge in [0, 0.05) is 41.5 Å². The van der Waals surface area contributed by atoms with Gasteiger partial charge in [-0.25, -0.2) is 9.97 Å². The van der Waals surface area contributed by atoms with E-state index in [0.29, 0.717) is 23.8 Å². The number of carbonyl (C=O) groups is 1. The first-order valence-electron chi connectivity index (χ1n) is 10.1. The molecule has 2 aromatic carbocycles. The normalized spacial score (nSPS) is 16.3. The van der Waals surface area contributed by atoms with E-state index in [1.165, 1.54) is 0 Å². The molecule has 1 saturated heterocycles. The first-order valence-corrected chi connectivity index (χ1v) is 10.5. The molecule has 154 valence electrons. The van der Waals surface area contributed by atoms with Crippen LogP contribution in [-0.4, -0.2) is 41.0 Å². The quantitative estimate of drug-likeness (QED) is 0.596. The zero-order chi connectivity index (χ0) is 20.9. The van der Waals surface area contributed by atoms with Crippen LogP contribution in [0.4, 0.5) is 0 Å². The summed E-state index contributed by atoms with van der Waals surface area (Å²) in [5.74, 6) is 1.80. The van der Waals surface area contributed by atoms with Gasteiger partial charge in [-0.1, -0.05) is 29.8 Å². The monoisotopic (exact) mass is 421 g/mol. The number of carbonyl (C=O) groups excluding carboxylic acids is 1. The molecule has 30 heavy (non-hydrogen) atoms. The highest BCUT2D eigenvalue weighted by molar-refractivity contribution is 6.31. The highest BCUT2D eigenvalue weighted by atomic mass is 35.5. The van der Waals surface area contributed by atoms with Gasteiger partial charge in [0.2, 0.25) is 5.91 Å². The Hall–Kier alpha value is -2.92. The van der Waals surface area contributed by atoms with Gasteiger partial charge in [-0.2, -0.15) is 0 Å². The second kappa shape index (κ2) is 9.26. The molecule has 1 aliphatic rings. The number of rotatable bonds is 5. The molecular formula is C24H24ClN3O2. The highest BCUT2D eigenvalue weighted by Gasteiger charge is 2.26. The number of aromatic nitrogens is 2. The maximum atomic E-state index is 12.9. The summed E-state index contributed by atoms with van der Waals surface area (Å²) in [6.07, 6.45) is 4.09. The Morgan fingerprint density at radius 1 is 1.17 bits per heavy atom. The first-order chi connectivity index (χ1) is 14.6. The van der Waals surface area contributed by atoms with Crippen molar-refractivity contribution in [2.24, 2.45) is 0 Å². The largest absolute Gasteiger partial charge is 0.497 e. The van der Waals surface area contributed by atoms with Crippen LogP contribution in [0.3, 0.4) is 0 Å². The fourth-order valence-electron chi connectivity index (χ4n) is 3.84. The second-order valence-electron chi connectivity index (χ2n) is 7.48. The topological polar surface area (TPSA) is 55.3 Å². The van der Waals surface area contributed by atoms with E-state index in [0.717, 1.165) is 42.0 Å². The molecule has 4 rings (SSSR count). The third kappa shape index (κ3) is 4.62. The zero-order valence-electron chi connectivity index (χ0n) is 16.9. The maximum Gasteiger partial charge on any atom is 0.227 e. The summed E-state index contributed by atoms with van der Waals surface area (Å²) in [7, 11) is 1.65. The molecule has 1 fully saturated rings. The van der Waals surface area contributed by atoms with Crippen LogP contribution in [0.15, 0.2) is 60.8 Å². The third-order valence-electron chi connectivity index (χ3n) is 5.52. The van der Waals surface area contributed by atoms with Crippen molar-refractivity contribution < 1.29 is 9.53 Å². The van der Waals surface area contributed by atoms with Gasteiger partial charge in [0.1, 0.15) is 5.75 Å². The molecule has 1 atom stereocenters. The fourth-order valence-corrected chi connectivity index (χ4v) is 4.04. The minimum absolute atomic E-state index is 0.109. The molecule has 1 aromatic heterocycles. The Bertz CT molecular complexity index is 1020. The number of piperidine rings is 1. The van der Waals surface area contributed by atoms with Crippen molar-refractivity contribution in [3.05, 3.63) is 77.1 Å². The van der Waals surface area contributed by atoms with E-state index >= 15 is 0 Å². The summed E-state index contributed by atoms with van der Waals surface area (Å²) in [5, 5.41) is 0.638. The van der Waals surface area contributed by atoms with Crippen molar-refractivity contribution in [3.8, 4) is 17.1 Å². The maximum absolute atomic E-state index is 12.9. The van der Waals surface area contributed by atoms with Crippen LogP contribution in [-0.2, 0) is 11.2 Å². The van der Waals surface area contributed by atoms with Gasteiger partial charge in [-0.05, 0) is 54.8 Å². The van der Waals surface area contributed by atoms with Gasteiger partial charge in [-0.3, -0.25) is 4.79 Å². The molecule has 0 radical (unpaired) electrons. The minimum Gasteiger partial charge on any atom is -0.497 e. The third-order valence-corrected chi connectivity index (χ3v) is 5.89. The van der Waals surface area contributed by atoms with Crippen LogP contribution in [0, 0.1) is 0 Å². The molecular weight excluding hydrogens is 398 g/mol. The summed E-state index contributed by atoms with van der Waals surface area (Å²) < 4.78 is 5.22. The molecule has 5 nitrogen and oxygen atoms in total. The molecule has 0 N–H and O–H groups in total. The lowest BCUT2D eigenvalue weighted by atomic mass is 9.94. The Labute approximate surface area is 181 Å². The van der Waals surface area contributed by atoms with Gasteiger partial charge in [0.05, 0.1) is 13.5 Å². The predicted molar refractivity (Wildman–Crippen MR) is 118 cm³/mol. The van der Waals surface area contributed by atoms with Crippen molar-refractivity contribution in [2.75, 3.05) is 20.2 Å². The van der Waals surface area contributed by atoms with Crippen LogP contribution in [0.25, 0.3) is 11.4 Å². The number of hydrogen-bond acceptors (Lipinski definition) is 4. The van der Waals surface area contributed by atoms with Gasteiger partial charge in [0.25, 0.3) is 0 Å². The molecule has 0 spiro atoms. The molecule has 0 saturated carbocycles. The SMILES string of the molecule is COc1ccc(-c2nccc([C@@H]3CCCN(C(=O)Cc4ccccc4Cl)C3)n2)cc1. The van der Waals surface area contributed by atoms with Gasteiger partial charge in [-0.15, -0.1) is 0 Å². The molecule has 2 heterocycles. The average Bonchev–Trinajstić information content (AvgIpc) is 2.81. The van der Waals surface area contributed by atoms with Gasteiger partial charge >= 0.3 is 0 Å². The van der Waals surface area contributed by atoms with Crippen LogP contribution in [0.2, 0.25) is 5.02 Å². The van der Waals surface area contributed by atoms with Crippen LogP contribution in [0.1, 0.15) is 30.0 Å². The van der Waals surface area contributed by atoms with E-state index in [9.17, 15) is 4.79 Å². The average molecular weight is 422 g/mol. The van der Waals surface area contributed by atoms with E-state index in [-0.39, 0.29) is 11.8 Å². The van der Waals surface area contributed by atoms with Crippen molar-refractivity contribution >= 4 is 17.5 Å². The van der Waals surface area contributed by atoms with Crippen molar-refractivity contribution in [1.82, 2.24) is 14.9 Å². The number of likely N-dealkylation sites (tertiary alicyclic amines) is 1. The summed E-state index contributed by atoms with van der Waals surface area (Å²) in [6.45, 7) is 1.44. The van der Waals surface area contributed by atoms with Crippen molar-refractivity contribution in [1.29, 1.82) is 0 Å². The standard InChI is InChI=1S/C24H24ClN3O2/c1-30-20-10-8-17(9-11-20)24-26-13-12-22(27-24)19-6-4-14-28(16-19)23(29)15-18-5-2-3-7-21(18)25/h2-3,5,7-13,19H,4,6,14-16H2,1H3/t19-/m1/s1. The van der Waals surface area contributed by atoms with E-state index in [4.69, 9.17) is 21.3 Å². The molecule has 0 unspecified atom stereocenters. The summed E-state index contributed by atoms with van der Waals surface area (Å²) in [5.41, 5.74) is 2.79. The van der Waals surface area contributed by atoms with E-state index in [1.807, 2.05) is 59.5 Å². The molecule has 3 aromatic rings. The molecule has 6 heteroatoms. The van der Waals surface area contributed by atoms with Crippen LogP contribution >= 0.6 is 11.6 Å². The Kier molecular flexibility index (Phi) is 6.29. The van der Waals surface area contributed by atoms with Gasteiger partial charge < -0.3 is 9.64 Å². The highest BCUT2D eigenvalue weighted by Crippen LogP contribution is 2.28. The summed E-state index contributed by atoms with van der Waals surface area (Å²) in [4.78, 5) is 24.0. The number of benzene rings is 2. The van der Waals surface area contributed by atoms with E-state index in [2.05, 4.69) is 4.98 Å². The predicted octanol–water partition coefficient (Wildman–Crippen LogP) is 4.75. The van der Waals surface area contributed by atoms with Crippen LogP contribution < -0.4 is 4.74 Å². The number of ether oxygens (including phenoxy) is 1.